The van der Waals surface area contributed by atoms with Crippen molar-refractivity contribution < 1.29 is 22.0 Å². The van der Waals surface area contributed by atoms with Crippen LogP contribution in [0.5, 0.6) is 0 Å². The second-order valence-corrected chi connectivity index (χ2v) is 6.78. The van der Waals surface area contributed by atoms with E-state index in [0.29, 0.717) is 6.07 Å². The van der Waals surface area contributed by atoms with Crippen LogP contribution < -0.4 is 5.32 Å². The van der Waals surface area contributed by atoms with Crippen LogP contribution in [-0.2, 0) is 9.84 Å². The Morgan fingerprint density at radius 1 is 1.26 bits per heavy atom. The van der Waals surface area contributed by atoms with Crippen LogP contribution in [0.25, 0.3) is 0 Å². The van der Waals surface area contributed by atoms with Gasteiger partial charge >= 0.3 is 0 Å². The van der Waals surface area contributed by atoms with Crippen LogP contribution in [0, 0.1) is 11.6 Å². The van der Waals surface area contributed by atoms with E-state index in [1.807, 2.05) is 0 Å². The Morgan fingerprint density at radius 2 is 1.89 bits per heavy atom. The van der Waals surface area contributed by atoms with Gasteiger partial charge in [-0.3, -0.25) is 4.79 Å². The van der Waals surface area contributed by atoms with Crippen molar-refractivity contribution in [3.63, 3.8) is 0 Å². The maximum Gasteiger partial charge on any atom is 0.164 e. The lowest BCUT2D eigenvalue weighted by Crippen LogP contribution is -2.46. The second kappa shape index (κ2) is 5.34. The van der Waals surface area contributed by atoms with Crippen molar-refractivity contribution in [1.82, 2.24) is 5.32 Å². The number of carbonyl (C=O) groups is 1. The topological polar surface area (TPSA) is 63.2 Å². The first-order chi connectivity index (χ1) is 8.85. The summed E-state index contributed by atoms with van der Waals surface area (Å²) in [6, 6.07) is 2.07. The van der Waals surface area contributed by atoms with Gasteiger partial charge in [0.15, 0.2) is 15.6 Å². The molecule has 0 bridgehead atoms. The first-order valence-corrected chi connectivity index (χ1v) is 7.61. The molecule has 2 rings (SSSR count). The smallest absolute Gasteiger partial charge is 0.164 e. The minimum Gasteiger partial charge on any atom is -0.312 e. The van der Waals surface area contributed by atoms with E-state index in [1.54, 1.807) is 0 Å². The summed E-state index contributed by atoms with van der Waals surface area (Å²) in [5, 5.41) is 2.92. The van der Waals surface area contributed by atoms with Gasteiger partial charge in [-0.05, 0) is 12.1 Å². The Bertz CT molecular complexity index is 581. The first kappa shape index (κ1) is 14.1. The van der Waals surface area contributed by atoms with Gasteiger partial charge in [0.2, 0.25) is 0 Å². The van der Waals surface area contributed by atoms with E-state index in [4.69, 9.17) is 0 Å². The molecule has 1 saturated heterocycles. The molecule has 1 N–H and O–H groups in total. The number of hydrogen-bond acceptors (Lipinski definition) is 4. The molecule has 1 unspecified atom stereocenters. The Labute approximate surface area is 109 Å². The van der Waals surface area contributed by atoms with E-state index in [-0.39, 0.29) is 30.0 Å². The number of carbonyl (C=O) groups excluding carboxylic acids is 1. The molecular formula is C12H13F2NO3S. The number of halogens is 2. The summed E-state index contributed by atoms with van der Waals surface area (Å²) in [5.41, 5.74) is -0.0812. The zero-order chi connectivity index (χ0) is 14.0. The minimum atomic E-state index is -3.14. The van der Waals surface area contributed by atoms with Crippen molar-refractivity contribution in [2.24, 2.45) is 0 Å². The summed E-state index contributed by atoms with van der Waals surface area (Å²) in [7, 11) is -3.14. The molecule has 0 aliphatic carbocycles. The molecule has 104 valence electrons. The lowest BCUT2D eigenvalue weighted by molar-refractivity contribution is 0.0971. The van der Waals surface area contributed by atoms with Crippen molar-refractivity contribution in [1.29, 1.82) is 0 Å². The van der Waals surface area contributed by atoms with E-state index in [1.165, 1.54) is 0 Å². The fraction of sp³-hybridized carbons (Fsp3) is 0.417. The molecule has 1 fully saturated rings. The normalized spacial score (nSPS) is 22.1. The summed E-state index contributed by atoms with van der Waals surface area (Å²) in [6.45, 7) is 0.289. The molecule has 19 heavy (non-hydrogen) atoms. The average Bonchev–Trinajstić information content (AvgIpc) is 2.26. The molecule has 0 aromatic heterocycles. The number of sulfone groups is 1. The molecule has 1 aliphatic rings. The maximum atomic E-state index is 13.0. The first-order valence-electron chi connectivity index (χ1n) is 5.79. The third kappa shape index (κ3) is 3.81. The highest BCUT2D eigenvalue weighted by Gasteiger charge is 2.26. The van der Waals surface area contributed by atoms with Gasteiger partial charge in [-0.25, -0.2) is 17.2 Å². The molecule has 4 nitrogen and oxygen atoms in total. The van der Waals surface area contributed by atoms with Crippen LogP contribution in [0.15, 0.2) is 18.2 Å². The Kier molecular flexibility index (Phi) is 3.96. The third-order valence-corrected chi connectivity index (χ3v) is 4.65. The van der Waals surface area contributed by atoms with Gasteiger partial charge in [-0.1, -0.05) is 0 Å². The van der Waals surface area contributed by atoms with Gasteiger partial charge in [0.05, 0.1) is 11.5 Å². The molecule has 0 saturated carbocycles. The van der Waals surface area contributed by atoms with Crippen molar-refractivity contribution in [2.75, 3.05) is 18.1 Å². The Balaban J connectivity index is 2.08. The van der Waals surface area contributed by atoms with Gasteiger partial charge in [-0.2, -0.15) is 0 Å². The van der Waals surface area contributed by atoms with Gasteiger partial charge in [0.25, 0.3) is 0 Å². The van der Waals surface area contributed by atoms with Crippen LogP contribution in [0.1, 0.15) is 16.8 Å². The fourth-order valence-electron chi connectivity index (χ4n) is 2.05. The van der Waals surface area contributed by atoms with Crippen molar-refractivity contribution in [3.05, 3.63) is 35.4 Å². The molecular weight excluding hydrogens is 276 g/mol. The molecule has 0 radical (unpaired) electrons. The van der Waals surface area contributed by atoms with Crippen molar-refractivity contribution >= 4 is 15.6 Å². The van der Waals surface area contributed by atoms with Crippen LogP contribution in [0.4, 0.5) is 8.78 Å². The SMILES string of the molecule is O=C(CC1CS(=O)(=O)CCN1)c1cc(F)cc(F)c1. The molecule has 1 aliphatic heterocycles. The van der Waals surface area contributed by atoms with E-state index < -0.39 is 33.3 Å². The largest absolute Gasteiger partial charge is 0.312 e. The lowest BCUT2D eigenvalue weighted by atomic mass is 10.0. The van der Waals surface area contributed by atoms with E-state index in [0.717, 1.165) is 12.1 Å². The summed E-state index contributed by atoms with van der Waals surface area (Å²) in [5.74, 6) is -2.21. The number of benzene rings is 1. The quantitative estimate of drug-likeness (QED) is 0.841. The highest BCUT2D eigenvalue weighted by atomic mass is 32.2. The summed E-state index contributed by atoms with van der Waals surface area (Å²) < 4.78 is 48.8. The van der Waals surface area contributed by atoms with E-state index >= 15 is 0 Å². The highest BCUT2D eigenvalue weighted by molar-refractivity contribution is 7.91. The molecule has 0 amide bonds. The zero-order valence-electron chi connectivity index (χ0n) is 10.0. The van der Waals surface area contributed by atoms with Gasteiger partial charge in [0.1, 0.15) is 11.6 Å². The standard InChI is InChI=1S/C12H13F2NO3S/c13-9-3-8(4-10(14)5-9)12(16)6-11-7-19(17,18)2-1-15-11/h3-5,11,15H,1-2,6-7H2. The fourth-order valence-corrected chi connectivity index (χ4v) is 3.50. The maximum absolute atomic E-state index is 13.0. The molecule has 7 heteroatoms. The van der Waals surface area contributed by atoms with E-state index in [9.17, 15) is 22.0 Å². The van der Waals surface area contributed by atoms with E-state index in [2.05, 4.69) is 5.32 Å². The average molecular weight is 289 g/mol. The second-order valence-electron chi connectivity index (χ2n) is 4.55. The predicted molar refractivity (Wildman–Crippen MR) is 65.8 cm³/mol. The predicted octanol–water partition coefficient (Wildman–Crippen LogP) is 0.924. The van der Waals surface area contributed by atoms with Gasteiger partial charge < -0.3 is 5.32 Å². The summed E-state index contributed by atoms with van der Waals surface area (Å²) in [4.78, 5) is 11.9. The van der Waals surface area contributed by atoms with Crippen LogP contribution in [-0.4, -0.2) is 38.3 Å². The Morgan fingerprint density at radius 3 is 2.47 bits per heavy atom. The van der Waals surface area contributed by atoms with Gasteiger partial charge in [0, 0.05) is 30.6 Å². The number of Topliss-reactive ketones (excluding diaryl/α,β-unsaturated/α-hetero) is 1. The molecule has 1 aromatic rings. The monoisotopic (exact) mass is 289 g/mol. The molecule has 0 spiro atoms. The number of ketones is 1. The lowest BCUT2D eigenvalue weighted by Gasteiger charge is -2.22. The summed E-state index contributed by atoms with van der Waals surface area (Å²) in [6.07, 6.45) is -0.0951. The van der Waals surface area contributed by atoms with Crippen LogP contribution in [0.2, 0.25) is 0 Å². The van der Waals surface area contributed by atoms with Crippen LogP contribution in [0.3, 0.4) is 0 Å². The van der Waals surface area contributed by atoms with Crippen LogP contribution >= 0.6 is 0 Å². The summed E-state index contributed by atoms with van der Waals surface area (Å²) >= 11 is 0. The minimum absolute atomic E-state index is 0.0479. The number of rotatable bonds is 3. The molecule has 1 atom stereocenters. The van der Waals surface area contributed by atoms with Gasteiger partial charge in [-0.15, -0.1) is 0 Å². The highest BCUT2D eigenvalue weighted by Crippen LogP contribution is 2.13. The third-order valence-electron chi connectivity index (χ3n) is 2.92. The number of nitrogens with one attached hydrogen (secondary N) is 1. The van der Waals surface area contributed by atoms with Crippen molar-refractivity contribution in [3.8, 4) is 0 Å². The Hall–Kier alpha value is -1.34. The number of hydrogen-bond donors (Lipinski definition) is 1. The molecule has 1 heterocycles. The molecule has 1 aromatic carbocycles. The van der Waals surface area contributed by atoms with Crippen molar-refractivity contribution in [2.45, 2.75) is 12.5 Å². The zero-order valence-corrected chi connectivity index (χ0v) is 10.8.